The second-order valence-electron chi connectivity index (χ2n) is 6.55. The molecular formula is C17H24N2O4S. The number of carbonyl (C=O) groups excluding carboxylic acids is 2. The van der Waals surface area contributed by atoms with E-state index in [4.69, 9.17) is 9.47 Å². The molecule has 1 amide bonds. The van der Waals surface area contributed by atoms with Crippen LogP contribution in [0.3, 0.4) is 0 Å². The second kappa shape index (κ2) is 7.21. The van der Waals surface area contributed by atoms with Gasteiger partial charge in [0.25, 0.3) is 0 Å². The lowest BCUT2D eigenvalue weighted by Crippen LogP contribution is -2.48. The number of nitrogens with zero attached hydrogens (tertiary/aromatic N) is 1. The molecule has 3 rings (SSSR count). The number of rotatable bonds is 4. The van der Waals surface area contributed by atoms with E-state index in [0.717, 1.165) is 37.9 Å². The summed E-state index contributed by atoms with van der Waals surface area (Å²) in [5, 5.41) is 3.56. The summed E-state index contributed by atoms with van der Waals surface area (Å²) in [5.41, 5.74) is 1.60. The average Bonchev–Trinajstić information content (AvgIpc) is 3.05. The molecule has 1 aromatic rings. The van der Waals surface area contributed by atoms with Crippen LogP contribution in [0.1, 0.15) is 41.1 Å². The van der Waals surface area contributed by atoms with Gasteiger partial charge in [0.15, 0.2) is 0 Å². The molecule has 2 unspecified atom stereocenters. The third kappa shape index (κ3) is 3.63. The van der Waals surface area contributed by atoms with E-state index in [1.807, 2.05) is 13.8 Å². The third-order valence-corrected chi connectivity index (χ3v) is 5.63. The highest BCUT2D eigenvalue weighted by Crippen LogP contribution is 2.39. The van der Waals surface area contributed by atoms with Gasteiger partial charge in [0, 0.05) is 18.0 Å². The Bertz CT molecular complexity index is 633. The highest BCUT2D eigenvalue weighted by atomic mass is 32.1. The smallest absolute Gasteiger partial charge is 0.341 e. The number of fused-ring (bicyclic) bond motifs is 1. The number of aryl methyl sites for hydroxylation is 1. The van der Waals surface area contributed by atoms with E-state index in [-0.39, 0.29) is 24.1 Å². The Morgan fingerprint density at radius 3 is 2.67 bits per heavy atom. The molecule has 0 bridgehead atoms. The molecule has 2 aliphatic rings. The minimum Gasteiger partial charge on any atom is -0.465 e. The number of esters is 1. The minimum atomic E-state index is -0.363. The summed E-state index contributed by atoms with van der Waals surface area (Å²) in [6.07, 6.45) is 3.15. The van der Waals surface area contributed by atoms with E-state index < -0.39 is 0 Å². The van der Waals surface area contributed by atoms with Gasteiger partial charge in [-0.25, -0.2) is 4.79 Å². The molecule has 1 saturated heterocycles. The molecule has 1 fully saturated rings. The van der Waals surface area contributed by atoms with Gasteiger partial charge in [-0.1, -0.05) is 0 Å². The number of hydrogen-bond acceptors (Lipinski definition) is 6. The van der Waals surface area contributed by atoms with Crippen molar-refractivity contribution in [2.24, 2.45) is 0 Å². The Labute approximate surface area is 146 Å². The molecule has 7 heteroatoms. The van der Waals surface area contributed by atoms with Gasteiger partial charge in [0.05, 0.1) is 31.4 Å². The quantitative estimate of drug-likeness (QED) is 0.840. The first kappa shape index (κ1) is 17.4. The van der Waals surface area contributed by atoms with Crippen LogP contribution in [-0.4, -0.2) is 55.7 Å². The SMILES string of the molecule is COC(=O)c1c(NC(=O)CN2CC(C)OC(C)C2)sc2c1CCC2. The fourth-order valence-electron chi connectivity index (χ4n) is 3.59. The van der Waals surface area contributed by atoms with E-state index in [2.05, 4.69) is 10.2 Å². The Hall–Kier alpha value is -1.44. The van der Waals surface area contributed by atoms with Crippen molar-refractivity contribution in [1.29, 1.82) is 0 Å². The Morgan fingerprint density at radius 1 is 1.29 bits per heavy atom. The van der Waals surface area contributed by atoms with Crippen molar-refractivity contribution in [1.82, 2.24) is 4.90 Å². The first-order chi connectivity index (χ1) is 11.5. The largest absolute Gasteiger partial charge is 0.465 e. The van der Waals surface area contributed by atoms with Crippen LogP contribution >= 0.6 is 11.3 Å². The van der Waals surface area contributed by atoms with Crippen LogP contribution in [0.2, 0.25) is 0 Å². The standard InChI is InChI=1S/C17H24N2O4S/c1-10-7-19(8-11(2)23-10)9-14(20)18-16-15(17(21)22-3)12-5-4-6-13(12)24-16/h10-11H,4-9H2,1-3H3,(H,18,20). The molecule has 1 aromatic heterocycles. The van der Waals surface area contributed by atoms with Gasteiger partial charge < -0.3 is 14.8 Å². The number of ether oxygens (including phenoxy) is 2. The topological polar surface area (TPSA) is 67.9 Å². The molecule has 2 heterocycles. The van der Waals surface area contributed by atoms with Crippen LogP contribution in [0.5, 0.6) is 0 Å². The van der Waals surface area contributed by atoms with Crippen molar-refractivity contribution in [3.8, 4) is 0 Å². The summed E-state index contributed by atoms with van der Waals surface area (Å²) < 4.78 is 10.6. The van der Waals surface area contributed by atoms with Crippen LogP contribution in [0.25, 0.3) is 0 Å². The summed E-state index contributed by atoms with van der Waals surface area (Å²) in [6.45, 7) is 5.81. The van der Waals surface area contributed by atoms with Crippen molar-refractivity contribution < 1.29 is 19.1 Å². The van der Waals surface area contributed by atoms with Gasteiger partial charge in [0.1, 0.15) is 5.00 Å². The van der Waals surface area contributed by atoms with Crippen LogP contribution in [-0.2, 0) is 27.1 Å². The second-order valence-corrected chi connectivity index (χ2v) is 7.66. The molecule has 24 heavy (non-hydrogen) atoms. The predicted octanol–water partition coefficient (Wildman–Crippen LogP) is 2.07. The molecule has 1 aliphatic carbocycles. The van der Waals surface area contributed by atoms with Crippen LogP contribution < -0.4 is 5.32 Å². The van der Waals surface area contributed by atoms with Gasteiger partial charge in [-0.05, 0) is 38.7 Å². The molecule has 2 atom stereocenters. The minimum absolute atomic E-state index is 0.0959. The lowest BCUT2D eigenvalue weighted by atomic mass is 10.1. The maximum Gasteiger partial charge on any atom is 0.341 e. The maximum absolute atomic E-state index is 12.4. The van der Waals surface area contributed by atoms with Crippen LogP contribution in [0.15, 0.2) is 0 Å². The monoisotopic (exact) mass is 352 g/mol. The molecule has 1 N–H and O–H groups in total. The number of methoxy groups -OCH3 is 1. The van der Waals surface area contributed by atoms with Crippen molar-refractivity contribution in [2.75, 3.05) is 32.1 Å². The Morgan fingerprint density at radius 2 is 2.00 bits per heavy atom. The maximum atomic E-state index is 12.4. The van der Waals surface area contributed by atoms with Crippen molar-refractivity contribution in [3.63, 3.8) is 0 Å². The summed E-state index contributed by atoms with van der Waals surface area (Å²) in [5.74, 6) is -0.459. The number of amides is 1. The summed E-state index contributed by atoms with van der Waals surface area (Å²) in [7, 11) is 1.38. The Balaban J connectivity index is 1.69. The normalized spacial score (nSPS) is 23.8. The molecule has 0 radical (unpaired) electrons. The van der Waals surface area contributed by atoms with Crippen LogP contribution in [0.4, 0.5) is 5.00 Å². The van der Waals surface area contributed by atoms with E-state index in [1.165, 1.54) is 23.3 Å². The fourth-order valence-corrected chi connectivity index (χ4v) is 4.89. The molecule has 6 nitrogen and oxygen atoms in total. The number of carbonyl (C=O) groups is 2. The van der Waals surface area contributed by atoms with Gasteiger partial charge >= 0.3 is 5.97 Å². The van der Waals surface area contributed by atoms with E-state index in [1.54, 1.807) is 0 Å². The van der Waals surface area contributed by atoms with Gasteiger partial charge in [0.2, 0.25) is 5.91 Å². The van der Waals surface area contributed by atoms with Crippen molar-refractivity contribution in [3.05, 3.63) is 16.0 Å². The van der Waals surface area contributed by atoms with Crippen molar-refractivity contribution in [2.45, 2.75) is 45.3 Å². The zero-order chi connectivity index (χ0) is 17.3. The van der Waals surface area contributed by atoms with Gasteiger partial charge in [-0.2, -0.15) is 0 Å². The van der Waals surface area contributed by atoms with Crippen molar-refractivity contribution >= 4 is 28.2 Å². The average molecular weight is 352 g/mol. The Kier molecular flexibility index (Phi) is 5.22. The summed E-state index contributed by atoms with van der Waals surface area (Å²) >= 11 is 1.51. The highest BCUT2D eigenvalue weighted by molar-refractivity contribution is 7.17. The molecule has 132 valence electrons. The summed E-state index contributed by atoms with van der Waals surface area (Å²) in [4.78, 5) is 27.8. The molecule has 1 aliphatic heterocycles. The summed E-state index contributed by atoms with van der Waals surface area (Å²) in [6, 6.07) is 0. The molecule has 0 spiro atoms. The molecule has 0 aromatic carbocycles. The molecule has 0 saturated carbocycles. The lowest BCUT2D eigenvalue weighted by molar-refractivity contribution is -0.121. The highest BCUT2D eigenvalue weighted by Gasteiger charge is 2.29. The van der Waals surface area contributed by atoms with E-state index in [9.17, 15) is 9.59 Å². The van der Waals surface area contributed by atoms with Gasteiger partial charge in [-0.15, -0.1) is 11.3 Å². The number of thiophene rings is 1. The number of hydrogen-bond donors (Lipinski definition) is 1. The van der Waals surface area contributed by atoms with E-state index >= 15 is 0 Å². The predicted molar refractivity (Wildman–Crippen MR) is 92.8 cm³/mol. The third-order valence-electron chi connectivity index (χ3n) is 4.43. The zero-order valence-corrected chi connectivity index (χ0v) is 15.2. The fraction of sp³-hybridized carbons (Fsp3) is 0.647. The van der Waals surface area contributed by atoms with E-state index in [0.29, 0.717) is 17.1 Å². The number of nitrogens with one attached hydrogen (secondary N) is 1. The number of anilines is 1. The first-order valence-corrected chi connectivity index (χ1v) is 9.20. The zero-order valence-electron chi connectivity index (χ0n) is 14.4. The van der Waals surface area contributed by atoms with Gasteiger partial charge in [-0.3, -0.25) is 9.69 Å². The first-order valence-electron chi connectivity index (χ1n) is 8.38. The number of morpholine rings is 1. The van der Waals surface area contributed by atoms with Crippen LogP contribution in [0, 0.1) is 0 Å². The molecular weight excluding hydrogens is 328 g/mol. The lowest BCUT2D eigenvalue weighted by Gasteiger charge is -2.34.